The number of carbonyl (C=O) groups excluding carboxylic acids is 1. The van der Waals surface area contributed by atoms with E-state index < -0.39 is 11.7 Å². The predicted molar refractivity (Wildman–Crippen MR) is 116 cm³/mol. The molecule has 8 heteroatoms. The molecule has 2 aromatic carbocycles. The number of carbonyl (C=O) groups is 1. The molecular weight excluding hydrogens is 417 g/mol. The zero-order valence-corrected chi connectivity index (χ0v) is 17.8. The first-order chi connectivity index (χ1) is 15.1. The summed E-state index contributed by atoms with van der Waals surface area (Å²) in [6, 6.07) is 16.1. The summed E-state index contributed by atoms with van der Waals surface area (Å²) < 4.78 is 40.1. The van der Waals surface area contributed by atoms with Crippen molar-refractivity contribution in [1.29, 1.82) is 0 Å². The van der Waals surface area contributed by atoms with Crippen molar-refractivity contribution in [2.24, 2.45) is 7.05 Å². The number of halogens is 3. The molecule has 32 heavy (non-hydrogen) atoms. The van der Waals surface area contributed by atoms with E-state index in [2.05, 4.69) is 5.10 Å². The summed E-state index contributed by atoms with van der Waals surface area (Å²) in [5.74, 6) is -0.259. The van der Waals surface area contributed by atoms with Crippen LogP contribution in [0.2, 0.25) is 0 Å². The van der Waals surface area contributed by atoms with Crippen LogP contribution in [0.15, 0.2) is 60.7 Å². The number of aryl methyl sites for hydroxylation is 2. The zero-order chi connectivity index (χ0) is 23.0. The largest absolute Gasteiger partial charge is 0.416 e. The summed E-state index contributed by atoms with van der Waals surface area (Å²) in [6.07, 6.45) is -4.39. The van der Waals surface area contributed by atoms with Gasteiger partial charge < -0.3 is 4.90 Å². The Balaban J connectivity index is 1.71. The highest BCUT2D eigenvalue weighted by molar-refractivity contribution is 6.07. The Kier molecular flexibility index (Phi) is 5.46. The number of nitrogens with zero attached hydrogens (tertiary/aromatic N) is 4. The summed E-state index contributed by atoms with van der Waals surface area (Å²) in [5, 5.41) is 5.08. The van der Waals surface area contributed by atoms with Crippen LogP contribution in [0.4, 0.5) is 13.2 Å². The van der Waals surface area contributed by atoms with Crippen molar-refractivity contribution in [3.8, 4) is 11.3 Å². The van der Waals surface area contributed by atoms with E-state index in [1.165, 1.54) is 17.0 Å². The lowest BCUT2D eigenvalue weighted by Crippen LogP contribution is -2.26. The van der Waals surface area contributed by atoms with Crippen molar-refractivity contribution in [3.05, 3.63) is 83.0 Å². The molecule has 0 aliphatic heterocycles. The average Bonchev–Trinajstić information content (AvgIpc) is 3.06. The maximum Gasteiger partial charge on any atom is 0.416 e. The molecule has 0 radical (unpaired) electrons. The molecule has 5 nitrogen and oxygen atoms in total. The van der Waals surface area contributed by atoms with Crippen molar-refractivity contribution in [1.82, 2.24) is 19.7 Å². The van der Waals surface area contributed by atoms with Crippen LogP contribution >= 0.6 is 0 Å². The van der Waals surface area contributed by atoms with Gasteiger partial charge >= 0.3 is 6.18 Å². The Hall–Kier alpha value is -3.68. The summed E-state index contributed by atoms with van der Waals surface area (Å²) in [6.45, 7) is 1.99. The first kappa shape index (κ1) is 21.5. The lowest BCUT2D eigenvalue weighted by Gasteiger charge is -2.19. The fourth-order valence-electron chi connectivity index (χ4n) is 3.72. The van der Waals surface area contributed by atoms with Crippen LogP contribution < -0.4 is 0 Å². The monoisotopic (exact) mass is 438 g/mol. The second-order valence-corrected chi connectivity index (χ2v) is 7.68. The van der Waals surface area contributed by atoms with E-state index in [9.17, 15) is 18.0 Å². The van der Waals surface area contributed by atoms with Gasteiger partial charge in [0.2, 0.25) is 0 Å². The first-order valence-electron chi connectivity index (χ1n) is 9.96. The van der Waals surface area contributed by atoms with Crippen molar-refractivity contribution in [2.45, 2.75) is 19.6 Å². The van der Waals surface area contributed by atoms with Gasteiger partial charge in [-0.05, 0) is 30.7 Å². The maximum absolute atomic E-state index is 13.4. The number of fused-ring (bicyclic) bond motifs is 1. The molecule has 0 fully saturated rings. The second-order valence-electron chi connectivity index (χ2n) is 7.68. The van der Waals surface area contributed by atoms with Crippen LogP contribution in [0.3, 0.4) is 0 Å². The number of aromatic nitrogens is 3. The SMILES string of the molecule is Cc1nn(C)c2nc(-c3ccccc3)cc(C(=O)N(C)Cc3ccc(C(F)(F)F)cc3)c12. The van der Waals surface area contributed by atoms with Crippen molar-refractivity contribution >= 4 is 16.9 Å². The molecule has 164 valence electrons. The van der Waals surface area contributed by atoms with Crippen LogP contribution in [0.5, 0.6) is 0 Å². The van der Waals surface area contributed by atoms with E-state index in [1.807, 2.05) is 37.3 Å². The average molecular weight is 438 g/mol. The Morgan fingerprint density at radius 1 is 1.06 bits per heavy atom. The molecule has 0 aliphatic rings. The summed E-state index contributed by atoms with van der Waals surface area (Å²) in [4.78, 5) is 19.6. The number of hydrogen-bond donors (Lipinski definition) is 0. The third-order valence-corrected chi connectivity index (χ3v) is 5.32. The van der Waals surface area contributed by atoms with Gasteiger partial charge in [0.1, 0.15) is 0 Å². The number of alkyl halides is 3. The number of hydrogen-bond acceptors (Lipinski definition) is 3. The van der Waals surface area contributed by atoms with E-state index in [4.69, 9.17) is 4.98 Å². The van der Waals surface area contributed by atoms with E-state index in [0.29, 0.717) is 33.5 Å². The van der Waals surface area contributed by atoms with Gasteiger partial charge in [-0.15, -0.1) is 0 Å². The first-order valence-corrected chi connectivity index (χ1v) is 9.96. The molecule has 0 saturated heterocycles. The molecule has 0 atom stereocenters. The zero-order valence-electron chi connectivity index (χ0n) is 17.8. The summed E-state index contributed by atoms with van der Waals surface area (Å²) in [7, 11) is 3.40. The molecule has 4 rings (SSSR count). The molecule has 0 spiro atoms. The van der Waals surface area contributed by atoms with Crippen molar-refractivity contribution in [2.75, 3.05) is 7.05 Å². The molecular formula is C24H21F3N4O. The number of amides is 1. The lowest BCUT2D eigenvalue weighted by molar-refractivity contribution is -0.137. The van der Waals surface area contributed by atoms with Gasteiger partial charge in [0.15, 0.2) is 5.65 Å². The third kappa shape index (κ3) is 4.08. The van der Waals surface area contributed by atoms with Crippen LogP contribution in [-0.4, -0.2) is 32.6 Å². The summed E-state index contributed by atoms with van der Waals surface area (Å²) >= 11 is 0. The topological polar surface area (TPSA) is 51.0 Å². The minimum absolute atomic E-state index is 0.167. The lowest BCUT2D eigenvalue weighted by atomic mass is 10.0. The smallest absolute Gasteiger partial charge is 0.337 e. The fourth-order valence-corrected chi connectivity index (χ4v) is 3.72. The number of pyridine rings is 1. The van der Waals surface area contributed by atoms with E-state index >= 15 is 0 Å². The highest BCUT2D eigenvalue weighted by Crippen LogP contribution is 2.30. The number of benzene rings is 2. The number of rotatable bonds is 4. The van der Waals surface area contributed by atoms with Crippen LogP contribution in [0.1, 0.15) is 27.2 Å². The van der Waals surface area contributed by atoms with E-state index in [0.717, 1.165) is 17.7 Å². The molecule has 0 aliphatic carbocycles. The minimum atomic E-state index is -4.39. The molecule has 4 aromatic rings. The van der Waals surface area contributed by atoms with Gasteiger partial charge in [0.05, 0.1) is 27.9 Å². The van der Waals surface area contributed by atoms with Crippen molar-refractivity contribution < 1.29 is 18.0 Å². The Labute approximate surface area is 183 Å². The van der Waals surface area contributed by atoms with Gasteiger partial charge in [-0.25, -0.2) is 4.98 Å². The summed E-state index contributed by atoms with van der Waals surface area (Å²) in [5.41, 5.74) is 3.12. The fraction of sp³-hybridized carbons (Fsp3) is 0.208. The third-order valence-electron chi connectivity index (χ3n) is 5.32. The molecule has 2 heterocycles. The van der Waals surface area contributed by atoms with Crippen molar-refractivity contribution in [3.63, 3.8) is 0 Å². The highest BCUT2D eigenvalue weighted by Gasteiger charge is 2.30. The van der Waals surface area contributed by atoms with Crippen LogP contribution in [0.25, 0.3) is 22.3 Å². The van der Waals surface area contributed by atoms with Crippen LogP contribution in [-0.2, 0) is 19.8 Å². The quantitative estimate of drug-likeness (QED) is 0.438. The molecule has 0 saturated carbocycles. The van der Waals surface area contributed by atoms with Gasteiger partial charge in [-0.1, -0.05) is 42.5 Å². The molecule has 2 aromatic heterocycles. The Morgan fingerprint density at radius 3 is 2.34 bits per heavy atom. The Bertz CT molecular complexity index is 1280. The van der Waals surface area contributed by atoms with Gasteiger partial charge in [0, 0.05) is 26.2 Å². The van der Waals surface area contributed by atoms with Crippen LogP contribution in [0, 0.1) is 6.92 Å². The standard InChI is InChI=1S/C24H21F3N4O/c1-15-21-19(13-20(17-7-5-4-6-8-17)28-22(21)31(3)29-15)23(32)30(2)14-16-9-11-18(12-10-16)24(25,26)27/h4-13H,14H2,1-3H3. The van der Waals surface area contributed by atoms with E-state index in [-0.39, 0.29) is 12.5 Å². The van der Waals surface area contributed by atoms with Gasteiger partial charge in [-0.3, -0.25) is 9.48 Å². The van der Waals surface area contributed by atoms with Gasteiger partial charge in [-0.2, -0.15) is 18.3 Å². The molecule has 0 unspecified atom stereocenters. The molecule has 0 N–H and O–H groups in total. The molecule has 0 bridgehead atoms. The maximum atomic E-state index is 13.4. The molecule has 1 amide bonds. The second kappa shape index (κ2) is 8.11. The van der Waals surface area contributed by atoms with Gasteiger partial charge in [0.25, 0.3) is 5.91 Å². The normalized spacial score (nSPS) is 11.7. The van der Waals surface area contributed by atoms with E-state index in [1.54, 1.807) is 24.8 Å². The Morgan fingerprint density at radius 2 is 1.72 bits per heavy atom. The highest BCUT2D eigenvalue weighted by atomic mass is 19.4. The predicted octanol–water partition coefficient (Wildman–Crippen LogP) is 5.23. The minimum Gasteiger partial charge on any atom is -0.337 e.